The lowest BCUT2D eigenvalue weighted by Crippen LogP contribution is -2.49. The van der Waals surface area contributed by atoms with Crippen LogP contribution in [-0.4, -0.2) is 38.9 Å². The first kappa shape index (κ1) is 16.4. The predicted molar refractivity (Wildman–Crippen MR) is 69.0 cm³/mol. The van der Waals surface area contributed by atoms with Crippen LogP contribution in [-0.2, 0) is 14.3 Å². The molecule has 0 aliphatic heterocycles. The second kappa shape index (κ2) is 6.97. The molecule has 0 saturated carbocycles. The number of likely N-dealkylation sites (N-methyl/N-ethyl adjacent to an activating group) is 1. The Labute approximate surface area is 105 Å². The summed E-state index contributed by atoms with van der Waals surface area (Å²) in [5.41, 5.74) is -0.370. The zero-order valence-electron chi connectivity index (χ0n) is 12.1. The van der Waals surface area contributed by atoms with Crippen molar-refractivity contribution in [3.8, 4) is 0 Å². The van der Waals surface area contributed by atoms with Gasteiger partial charge in [-0.15, -0.1) is 0 Å². The average molecular weight is 245 g/mol. The molecule has 1 N–H and O–H groups in total. The van der Waals surface area contributed by atoms with Crippen LogP contribution >= 0.6 is 0 Å². The van der Waals surface area contributed by atoms with Crippen molar-refractivity contribution in [2.75, 3.05) is 27.4 Å². The SMILES string of the molecule is CNC(C)(CCOCCC(C)(C)C)C(=O)OC. The monoisotopic (exact) mass is 245 g/mol. The minimum Gasteiger partial charge on any atom is -0.468 e. The highest BCUT2D eigenvalue weighted by Gasteiger charge is 2.32. The van der Waals surface area contributed by atoms with Crippen molar-refractivity contribution in [2.24, 2.45) is 5.41 Å². The maximum Gasteiger partial charge on any atom is 0.325 e. The van der Waals surface area contributed by atoms with E-state index in [4.69, 9.17) is 9.47 Å². The van der Waals surface area contributed by atoms with Crippen LogP contribution in [0.15, 0.2) is 0 Å². The van der Waals surface area contributed by atoms with Gasteiger partial charge in [0.25, 0.3) is 0 Å². The number of methoxy groups -OCH3 is 1. The number of carbonyl (C=O) groups is 1. The fourth-order valence-electron chi connectivity index (χ4n) is 1.31. The Morgan fingerprint density at radius 3 is 2.06 bits per heavy atom. The van der Waals surface area contributed by atoms with E-state index in [1.54, 1.807) is 7.05 Å². The minimum atomic E-state index is -0.656. The number of hydrogen-bond donors (Lipinski definition) is 1. The molecule has 4 heteroatoms. The topological polar surface area (TPSA) is 47.6 Å². The molecule has 17 heavy (non-hydrogen) atoms. The zero-order valence-corrected chi connectivity index (χ0v) is 12.1. The summed E-state index contributed by atoms with van der Waals surface area (Å²) >= 11 is 0. The maximum atomic E-state index is 11.5. The second-order valence-corrected chi connectivity index (χ2v) is 5.75. The zero-order chi connectivity index (χ0) is 13.5. The quantitative estimate of drug-likeness (QED) is 0.550. The van der Waals surface area contributed by atoms with Gasteiger partial charge in [0.1, 0.15) is 5.54 Å². The van der Waals surface area contributed by atoms with E-state index in [2.05, 4.69) is 26.1 Å². The summed E-state index contributed by atoms with van der Waals surface area (Å²) in [7, 11) is 3.16. The van der Waals surface area contributed by atoms with Gasteiger partial charge in [0.05, 0.1) is 7.11 Å². The summed E-state index contributed by atoms with van der Waals surface area (Å²) < 4.78 is 10.3. The summed E-state index contributed by atoms with van der Waals surface area (Å²) in [5, 5.41) is 2.98. The van der Waals surface area contributed by atoms with Gasteiger partial charge in [0.2, 0.25) is 0 Å². The Morgan fingerprint density at radius 1 is 1.12 bits per heavy atom. The Kier molecular flexibility index (Phi) is 6.72. The van der Waals surface area contributed by atoms with Gasteiger partial charge >= 0.3 is 5.97 Å². The molecular formula is C13H27NO3. The molecular weight excluding hydrogens is 218 g/mol. The number of hydrogen-bond acceptors (Lipinski definition) is 4. The van der Waals surface area contributed by atoms with E-state index < -0.39 is 5.54 Å². The van der Waals surface area contributed by atoms with E-state index >= 15 is 0 Å². The van der Waals surface area contributed by atoms with Crippen LogP contribution in [0.3, 0.4) is 0 Å². The third-order valence-electron chi connectivity index (χ3n) is 2.93. The lowest BCUT2D eigenvalue weighted by Gasteiger charge is -2.26. The molecule has 1 unspecified atom stereocenters. The molecule has 102 valence electrons. The highest BCUT2D eigenvalue weighted by Crippen LogP contribution is 2.18. The summed E-state index contributed by atoms with van der Waals surface area (Å²) in [5.74, 6) is -0.251. The van der Waals surface area contributed by atoms with Crippen LogP contribution < -0.4 is 5.32 Å². The Morgan fingerprint density at radius 2 is 1.65 bits per heavy atom. The van der Waals surface area contributed by atoms with Gasteiger partial charge in [-0.25, -0.2) is 0 Å². The highest BCUT2D eigenvalue weighted by atomic mass is 16.5. The molecule has 0 aromatic carbocycles. The molecule has 0 fully saturated rings. The Bertz CT molecular complexity index is 235. The van der Waals surface area contributed by atoms with Gasteiger partial charge in [0.15, 0.2) is 0 Å². The number of ether oxygens (including phenoxy) is 2. The van der Waals surface area contributed by atoms with Crippen molar-refractivity contribution in [3.63, 3.8) is 0 Å². The first-order chi connectivity index (χ1) is 7.75. The van der Waals surface area contributed by atoms with Crippen LogP contribution in [0.4, 0.5) is 0 Å². The van der Waals surface area contributed by atoms with Gasteiger partial charge in [-0.05, 0) is 32.2 Å². The van der Waals surface area contributed by atoms with Crippen LogP contribution in [0.1, 0.15) is 40.5 Å². The summed E-state index contributed by atoms with van der Waals surface area (Å²) in [4.78, 5) is 11.5. The number of carbonyl (C=O) groups excluding carboxylic acids is 1. The fraction of sp³-hybridized carbons (Fsp3) is 0.923. The van der Waals surface area contributed by atoms with Gasteiger partial charge in [-0.1, -0.05) is 20.8 Å². The van der Waals surface area contributed by atoms with Crippen LogP contribution in [0, 0.1) is 5.41 Å². The average Bonchev–Trinajstić information content (AvgIpc) is 2.25. The van der Waals surface area contributed by atoms with Crippen molar-refractivity contribution in [1.82, 2.24) is 5.32 Å². The molecule has 0 saturated heterocycles. The standard InChI is InChI=1S/C13H27NO3/c1-12(2,3)7-9-17-10-8-13(4,14-5)11(15)16-6/h14H,7-10H2,1-6H3. The summed E-state index contributed by atoms with van der Waals surface area (Å²) in [6.45, 7) is 9.66. The maximum absolute atomic E-state index is 11.5. The molecule has 0 aromatic rings. The molecule has 0 amide bonds. The smallest absolute Gasteiger partial charge is 0.325 e. The lowest BCUT2D eigenvalue weighted by atomic mass is 9.93. The van der Waals surface area contributed by atoms with Crippen LogP contribution in [0.2, 0.25) is 0 Å². The molecule has 1 atom stereocenters. The molecule has 0 rings (SSSR count). The molecule has 0 aliphatic rings. The van der Waals surface area contributed by atoms with Gasteiger partial charge < -0.3 is 14.8 Å². The van der Waals surface area contributed by atoms with Gasteiger partial charge in [-0.2, -0.15) is 0 Å². The molecule has 0 bridgehead atoms. The molecule has 4 nitrogen and oxygen atoms in total. The molecule has 0 heterocycles. The summed E-state index contributed by atoms with van der Waals surface area (Å²) in [6, 6.07) is 0. The van der Waals surface area contributed by atoms with Crippen LogP contribution in [0.5, 0.6) is 0 Å². The first-order valence-corrected chi connectivity index (χ1v) is 6.10. The predicted octanol–water partition coefficient (Wildman–Crippen LogP) is 1.98. The number of nitrogens with one attached hydrogen (secondary N) is 1. The van der Waals surface area contributed by atoms with E-state index in [-0.39, 0.29) is 11.4 Å². The van der Waals surface area contributed by atoms with E-state index in [0.717, 1.165) is 13.0 Å². The largest absolute Gasteiger partial charge is 0.468 e. The highest BCUT2D eigenvalue weighted by molar-refractivity contribution is 5.80. The van der Waals surface area contributed by atoms with Crippen molar-refractivity contribution in [2.45, 2.75) is 46.1 Å². The lowest BCUT2D eigenvalue weighted by molar-refractivity contribution is -0.148. The minimum absolute atomic E-state index is 0.251. The van der Waals surface area contributed by atoms with E-state index in [9.17, 15) is 4.79 Å². The number of rotatable bonds is 7. The summed E-state index contributed by atoms with van der Waals surface area (Å²) in [6.07, 6.45) is 1.63. The first-order valence-electron chi connectivity index (χ1n) is 6.10. The fourth-order valence-corrected chi connectivity index (χ4v) is 1.31. The third-order valence-corrected chi connectivity index (χ3v) is 2.93. The second-order valence-electron chi connectivity index (χ2n) is 5.75. The third kappa shape index (κ3) is 6.64. The van der Waals surface area contributed by atoms with Gasteiger partial charge in [-0.3, -0.25) is 4.79 Å². The van der Waals surface area contributed by atoms with E-state index in [0.29, 0.717) is 13.0 Å². The number of esters is 1. The molecule has 0 aliphatic carbocycles. The van der Waals surface area contributed by atoms with Gasteiger partial charge in [0, 0.05) is 13.2 Å². The van der Waals surface area contributed by atoms with E-state index in [1.165, 1.54) is 7.11 Å². The normalized spacial score (nSPS) is 15.4. The Balaban J connectivity index is 3.89. The molecule has 0 spiro atoms. The van der Waals surface area contributed by atoms with Crippen molar-refractivity contribution in [1.29, 1.82) is 0 Å². The van der Waals surface area contributed by atoms with Crippen LogP contribution in [0.25, 0.3) is 0 Å². The Hall–Kier alpha value is -0.610. The molecule has 0 radical (unpaired) electrons. The van der Waals surface area contributed by atoms with Crippen molar-refractivity contribution < 1.29 is 14.3 Å². The van der Waals surface area contributed by atoms with E-state index in [1.807, 2.05) is 6.92 Å². The van der Waals surface area contributed by atoms with Crippen molar-refractivity contribution >= 4 is 5.97 Å². The van der Waals surface area contributed by atoms with Crippen molar-refractivity contribution in [3.05, 3.63) is 0 Å². The molecule has 0 aromatic heterocycles.